The van der Waals surface area contributed by atoms with Crippen molar-refractivity contribution < 1.29 is 5.11 Å². The van der Waals surface area contributed by atoms with Gasteiger partial charge < -0.3 is 20.2 Å². The number of aromatic hydroxyl groups is 1. The third-order valence-electron chi connectivity index (χ3n) is 4.71. The predicted molar refractivity (Wildman–Crippen MR) is 108 cm³/mol. The highest BCUT2D eigenvalue weighted by molar-refractivity contribution is 5.51. The van der Waals surface area contributed by atoms with Gasteiger partial charge in [0, 0.05) is 44.0 Å². The van der Waals surface area contributed by atoms with Crippen LogP contribution in [0.25, 0.3) is 0 Å². The van der Waals surface area contributed by atoms with Gasteiger partial charge in [-0.3, -0.25) is 0 Å². The molecular weight excluding hydrogens is 322 g/mol. The van der Waals surface area contributed by atoms with Crippen LogP contribution in [0.1, 0.15) is 11.1 Å². The highest BCUT2D eigenvalue weighted by atomic mass is 16.3. The molecular formula is C22H27N3O. The molecule has 0 unspecified atom stereocenters. The predicted octanol–water partition coefficient (Wildman–Crippen LogP) is 2.33. The third kappa shape index (κ3) is 5.52. The van der Waals surface area contributed by atoms with Gasteiger partial charge in [-0.1, -0.05) is 24.0 Å². The second-order valence-electron chi connectivity index (χ2n) is 6.73. The van der Waals surface area contributed by atoms with E-state index in [1.807, 2.05) is 12.1 Å². The lowest BCUT2D eigenvalue weighted by Gasteiger charge is -2.34. The Kier molecular flexibility index (Phi) is 6.54. The SMILES string of the molecule is CN1CCN(c2ccc(C#CCNCCc3ccc(O)cc3)cc2)CC1. The summed E-state index contributed by atoms with van der Waals surface area (Å²) >= 11 is 0. The lowest BCUT2D eigenvalue weighted by Crippen LogP contribution is -2.44. The molecule has 2 N–H and O–H groups in total. The molecule has 2 aromatic carbocycles. The van der Waals surface area contributed by atoms with Crippen LogP contribution in [0.5, 0.6) is 5.75 Å². The standard InChI is InChI=1S/C22H27N3O/c1-24-15-17-25(18-16-24)21-8-4-19(5-9-21)3-2-13-23-14-12-20-6-10-22(26)11-7-20/h4-11,23,26H,12-18H2,1H3. The average molecular weight is 349 g/mol. The summed E-state index contributed by atoms with van der Waals surface area (Å²) in [4.78, 5) is 4.80. The number of nitrogens with zero attached hydrogens (tertiary/aromatic N) is 2. The van der Waals surface area contributed by atoms with Crippen molar-refractivity contribution in [2.24, 2.45) is 0 Å². The van der Waals surface area contributed by atoms with E-state index in [2.05, 4.69) is 58.3 Å². The van der Waals surface area contributed by atoms with Crippen molar-refractivity contribution in [2.45, 2.75) is 6.42 Å². The van der Waals surface area contributed by atoms with Gasteiger partial charge in [0.15, 0.2) is 0 Å². The van der Waals surface area contributed by atoms with E-state index in [0.717, 1.165) is 44.7 Å². The van der Waals surface area contributed by atoms with Crippen molar-refractivity contribution in [3.63, 3.8) is 0 Å². The number of hydrogen-bond acceptors (Lipinski definition) is 4. The van der Waals surface area contributed by atoms with Gasteiger partial charge in [0.25, 0.3) is 0 Å². The average Bonchev–Trinajstić information content (AvgIpc) is 2.67. The molecule has 0 aromatic heterocycles. The van der Waals surface area contributed by atoms with E-state index < -0.39 is 0 Å². The van der Waals surface area contributed by atoms with E-state index in [9.17, 15) is 5.11 Å². The quantitative estimate of drug-likeness (QED) is 0.642. The molecule has 1 saturated heterocycles. The normalized spacial score (nSPS) is 14.7. The highest BCUT2D eigenvalue weighted by Crippen LogP contribution is 2.16. The maximum Gasteiger partial charge on any atom is 0.115 e. The first-order chi connectivity index (χ1) is 12.7. The molecule has 1 heterocycles. The zero-order valence-electron chi connectivity index (χ0n) is 15.4. The van der Waals surface area contributed by atoms with Crippen molar-refractivity contribution in [3.8, 4) is 17.6 Å². The van der Waals surface area contributed by atoms with Crippen LogP contribution in [0, 0.1) is 11.8 Å². The van der Waals surface area contributed by atoms with Crippen LogP contribution >= 0.6 is 0 Å². The smallest absolute Gasteiger partial charge is 0.115 e. The minimum Gasteiger partial charge on any atom is -0.508 e. The highest BCUT2D eigenvalue weighted by Gasteiger charge is 2.13. The Hall–Kier alpha value is -2.48. The lowest BCUT2D eigenvalue weighted by atomic mass is 10.1. The van der Waals surface area contributed by atoms with Crippen molar-refractivity contribution >= 4 is 5.69 Å². The van der Waals surface area contributed by atoms with E-state index in [1.165, 1.54) is 11.3 Å². The zero-order chi connectivity index (χ0) is 18.2. The van der Waals surface area contributed by atoms with Gasteiger partial charge in [0.2, 0.25) is 0 Å². The third-order valence-corrected chi connectivity index (χ3v) is 4.71. The molecule has 4 heteroatoms. The minimum atomic E-state index is 0.311. The molecule has 0 spiro atoms. The monoisotopic (exact) mass is 349 g/mol. The molecule has 0 bridgehead atoms. The van der Waals surface area contributed by atoms with Gasteiger partial charge in [-0.2, -0.15) is 0 Å². The Morgan fingerprint density at radius 2 is 1.65 bits per heavy atom. The summed E-state index contributed by atoms with van der Waals surface area (Å²) in [6.45, 7) is 5.98. The van der Waals surface area contributed by atoms with Crippen molar-refractivity contribution in [1.29, 1.82) is 0 Å². The number of phenolic OH excluding ortho intramolecular Hbond substituents is 1. The summed E-state index contributed by atoms with van der Waals surface area (Å²) in [6, 6.07) is 15.9. The van der Waals surface area contributed by atoms with Crippen LogP contribution in [0.2, 0.25) is 0 Å². The fourth-order valence-corrected chi connectivity index (χ4v) is 3.01. The fraction of sp³-hybridized carbons (Fsp3) is 0.364. The number of piperazine rings is 1. The van der Waals surface area contributed by atoms with Crippen LogP contribution in [-0.4, -0.2) is 56.3 Å². The Bertz CT molecular complexity index is 736. The fourth-order valence-electron chi connectivity index (χ4n) is 3.01. The Morgan fingerprint density at radius 3 is 2.35 bits per heavy atom. The number of hydrogen-bond donors (Lipinski definition) is 2. The van der Waals surface area contributed by atoms with Crippen molar-refractivity contribution in [2.75, 3.05) is 51.2 Å². The van der Waals surface area contributed by atoms with Gasteiger partial charge in [-0.25, -0.2) is 0 Å². The van der Waals surface area contributed by atoms with Crippen LogP contribution in [0.4, 0.5) is 5.69 Å². The van der Waals surface area contributed by atoms with Gasteiger partial charge in [0.05, 0.1) is 6.54 Å². The number of phenols is 1. The topological polar surface area (TPSA) is 38.7 Å². The first kappa shape index (κ1) is 18.3. The number of anilines is 1. The van der Waals surface area contributed by atoms with E-state index >= 15 is 0 Å². The molecule has 0 saturated carbocycles. The van der Waals surface area contributed by atoms with E-state index in [0.29, 0.717) is 12.3 Å². The molecule has 1 aliphatic rings. The number of nitrogens with one attached hydrogen (secondary N) is 1. The molecule has 0 aliphatic carbocycles. The molecule has 0 radical (unpaired) electrons. The molecule has 2 aromatic rings. The minimum absolute atomic E-state index is 0.311. The molecule has 3 rings (SSSR count). The summed E-state index contributed by atoms with van der Waals surface area (Å²) in [5.74, 6) is 6.71. The number of benzene rings is 2. The number of rotatable bonds is 5. The molecule has 4 nitrogen and oxygen atoms in total. The molecule has 0 atom stereocenters. The number of likely N-dealkylation sites (N-methyl/N-ethyl adjacent to an activating group) is 1. The largest absolute Gasteiger partial charge is 0.508 e. The summed E-state index contributed by atoms with van der Waals surface area (Å²) in [5, 5.41) is 12.6. The van der Waals surface area contributed by atoms with Gasteiger partial charge in [-0.15, -0.1) is 0 Å². The van der Waals surface area contributed by atoms with Gasteiger partial charge in [0.1, 0.15) is 5.75 Å². The molecule has 1 fully saturated rings. The van der Waals surface area contributed by atoms with E-state index in [-0.39, 0.29) is 0 Å². The molecule has 26 heavy (non-hydrogen) atoms. The van der Waals surface area contributed by atoms with E-state index in [1.54, 1.807) is 12.1 Å². The maximum absolute atomic E-state index is 9.27. The van der Waals surface area contributed by atoms with Crippen molar-refractivity contribution in [3.05, 3.63) is 59.7 Å². The summed E-state index contributed by atoms with van der Waals surface area (Å²) in [5.41, 5.74) is 3.56. The maximum atomic E-state index is 9.27. The van der Waals surface area contributed by atoms with Crippen LogP contribution in [0.3, 0.4) is 0 Å². The summed E-state index contributed by atoms with van der Waals surface area (Å²) in [7, 11) is 2.18. The molecule has 0 amide bonds. The Balaban J connectivity index is 1.40. The lowest BCUT2D eigenvalue weighted by molar-refractivity contribution is 0.313. The van der Waals surface area contributed by atoms with Gasteiger partial charge >= 0.3 is 0 Å². The summed E-state index contributed by atoms with van der Waals surface area (Å²) in [6.07, 6.45) is 0.932. The zero-order valence-corrected chi connectivity index (χ0v) is 15.4. The second-order valence-corrected chi connectivity index (χ2v) is 6.73. The van der Waals surface area contributed by atoms with Crippen LogP contribution < -0.4 is 10.2 Å². The first-order valence-electron chi connectivity index (χ1n) is 9.22. The molecule has 136 valence electrons. The first-order valence-corrected chi connectivity index (χ1v) is 9.22. The van der Waals surface area contributed by atoms with Crippen LogP contribution in [0.15, 0.2) is 48.5 Å². The summed E-state index contributed by atoms with van der Waals surface area (Å²) < 4.78 is 0. The van der Waals surface area contributed by atoms with Crippen molar-refractivity contribution in [1.82, 2.24) is 10.2 Å². The van der Waals surface area contributed by atoms with E-state index in [4.69, 9.17) is 0 Å². The molecule has 1 aliphatic heterocycles. The Labute approximate surface area is 156 Å². The second kappa shape index (κ2) is 9.28. The van der Waals surface area contributed by atoms with Gasteiger partial charge in [-0.05, 0) is 55.4 Å². The Morgan fingerprint density at radius 1 is 0.962 bits per heavy atom. The van der Waals surface area contributed by atoms with Crippen LogP contribution in [-0.2, 0) is 6.42 Å².